The van der Waals surface area contributed by atoms with E-state index in [0.29, 0.717) is 31.7 Å². The molecule has 2 aromatic rings. The summed E-state index contributed by atoms with van der Waals surface area (Å²) in [6.45, 7) is 2.19. The number of hydrogen-bond donors (Lipinski definition) is 1. The zero-order chi connectivity index (χ0) is 20.7. The van der Waals surface area contributed by atoms with Crippen molar-refractivity contribution in [2.45, 2.75) is 31.2 Å². The molecule has 2 fully saturated rings. The van der Waals surface area contributed by atoms with Gasteiger partial charge in [-0.2, -0.15) is 0 Å². The van der Waals surface area contributed by atoms with Crippen LogP contribution in [0.2, 0.25) is 0 Å². The number of pyridine rings is 1. The molecule has 0 radical (unpaired) electrons. The van der Waals surface area contributed by atoms with Gasteiger partial charge in [0, 0.05) is 43.7 Å². The van der Waals surface area contributed by atoms with E-state index in [-0.39, 0.29) is 11.8 Å². The fraction of sp³-hybridized carbons (Fsp3) is 0.375. The van der Waals surface area contributed by atoms with Crippen molar-refractivity contribution in [3.8, 4) is 11.3 Å². The number of piperazine rings is 1. The number of nitrogens with two attached hydrogens (primary N) is 1. The number of carbonyl (C=O) groups excluding carboxylic acids is 2. The Bertz CT molecular complexity index is 1020. The Labute approximate surface area is 176 Å². The number of allylic oxidation sites excluding steroid dienone is 1. The van der Waals surface area contributed by atoms with E-state index in [4.69, 9.17) is 10.7 Å². The minimum Gasteiger partial charge on any atom is -0.338 e. The summed E-state index contributed by atoms with van der Waals surface area (Å²) in [5.41, 5.74) is 10.4. The molecule has 1 saturated heterocycles. The normalized spacial score (nSPS) is 19.4. The van der Waals surface area contributed by atoms with Gasteiger partial charge in [-0.05, 0) is 43.0 Å². The summed E-state index contributed by atoms with van der Waals surface area (Å²) < 4.78 is 0. The van der Waals surface area contributed by atoms with E-state index >= 15 is 0 Å². The molecule has 0 bridgehead atoms. The number of aromatic nitrogens is 1. The van der Waals surface area contributed by atoms with Crippen molar-refractivity contribution in [1.29, 1.82) is 0 Å². The third kappa shape index (κ3) is 3.31. The predicted octanol–water partition coefficient (Wildman–Crippen LogP) is 2.48. The van der Waals surface area contributed by atoms with Gasteiger partial charge in [0.15, 0.2) is 0 Å². The highest BCUT2D eigenvalue weighted by Crippen LogP contribution is 2.31. The summed E-state index contributed by atoms with van der Waals surface area (Å²) in [4.78, 5) is 33.9. The van der Waals surface area contributed by atoms with Gasteiger partial charge in [0.25, 0.3) is 5.91 Å². The fourth-order valence-electron chi connectivity index (χ4n) is 4.45. The molecule has 1 aromatic heterocycles. The van der Waals surface area contributed by atoms with Gasteiger partial charge in [-0.1, -0.05) is 30.4 Å². The molecule has 154 valence electrons. The number of fused-ring (bicyclic) bond motifs is 1. The maximum absolute atomic E-state index is 12.9. The van der Waals surface area contributed by atoms with Crippen LogP contribution in [-0.4, -0.2) is 58.3 Å². The minimum absolute atomic E-state index is 0.00543. The lowest BCUT2D eigenvalue weighted by Crippen LogP contribution is -2.62. The van der Waals surface area contributed by atoms with Crippen LogP contribution in [0.25, 0.3) is 17.3 Å². The average Bonchev–Trinajstić information content (AvgIpc) is 3.24. The number of carbonyl (C=O) groups is 2. The van der Waals surface area contributed by atoms with Crippen LogP contribution in [-0.2, 0) is 11.2 Å². The first-order chi connectivity index (χ1) is 14.5. The molecule has 2 heterocycles. The number of benzene rings is 1. The highest BCUT2D eigenvalue weighted by molar-refractivity contribution is 5.95. The van der Waals surface area contributed by atoms with Crippen molar-refractivity contribution >= 4 is 17.9 Å². The standard InChI is InChI=1S/C24H26N4O2/c25-24(11-2-12-24)23(30)28-15-13-27(14-16-28)22(29)19-7-5-18(6-8-19)21-10-9-17-3-1-4-20(17)26-21/h1,3,5-10H,2,4,11-16,25H2. The Morgan fingerprint density at radius 2 is 1.63 bits per heavy atom. The molecular weight excluding hydrogens is 376 g/mol. The van der Waals surface area contributed by atoms with Crippen LogP contribution in [0.4, 0.5) is 0 Å². The second kappa shape index (κ2) is 7.36. The first-order valence-electron chi connectivity index (χ1n) is 10.7. The monoisotopic (exact) mass is 402 g/mol. The summed E-state index contributed by atoms with van der Waals surface area (Å²) in [5, 5.41) is 0. The molecule has 0 atom stereocenters. The van der Waals surface area contributed by atoms with Crippen molar-refractivity contribution in [1.82, 2.24) is 14.8 Å². The van der Waals surface area contributed by atoms with Crippen LogP contribution in [0.5, 0.6) is 0 Å². The molecule has 2 amide bonds. The van der Waals surface area contributed by atoms with Gasteiger partial charge < -0.3 is 15.5 Å². The van der Waals surface area contributed by atoms with Gasteiger partial charge in [-0.15, -0.1) is 0 Å². The molecule has 6 nitrogen and oxygen atoms in total. The molecule has 3 aliphatic rings. The third-order valence-electron chi connectivity index (χ3n) is 6.57. The maximum atomic E-state index is 12.9. The van der Waals surface area contributed by atoms with E-state index in [2.05, 4.69) is 18.2 Å². The number of rotatable bonds is 3. The van der Waals surface area contributed by atoms with Gasteiger partial charge >= 0.3 is 0 Å². The van der Waals surface area contributed by atoms with Crippen molar-refractivity contribution in [3.63, 3.8) is 0 Å². The highest BCUT2D eigenvalue weighted by Gasteiger charge is 2.43. The molecule has 6 heteroatoms. The Kier molecular flexibility index (Phi) is 4.66. The van der Waals surface area contributed by atoms with Gasteiger partial charge in [0.1, 0.15) is 0 Å². The molecule has 1 aromatic carbocycles. The lowest BCUT2D eigenvalue weighted by Gasteiger charge is -2.43. The minimum atomic E-state index is -0.663. The number of amides is 2. The Hall–Kier alpha value is -2.99. The molecule has 5 rings (SSSR count). The molecule has 30 heavy (non-hydrogen) atoms. The SMILES string of the molecule is NC1(C(=O)N2CCN(C(=O)c3ccc(-c4ccc5c(n4)CC=C5)cc3)CC2)CCC1. The molecular formula is C24H26N4O2. The number of nitrogens with zero attached hydrogens (tertiary/aromatic N) is 3. The zero-order valence-corrected chi connectivity index (χ0v) is 17.0. The van der Waals surface area contributed by atoms with E-state index in [9.17, 15) is 9.59 Å². The van der Waals surface area contributed by atoms with Crippen molar-refractivity contribution in [2.75, 3.05) is 26.2 Å². The Morgan fingerprint density at radius 3 is 2.30 bits per heavy atom. The Morgan fingerprint density at radius 1 is 0.933 bits per heavy atom. The van der Waals surface area contributed by atoms with Crippen LogP contribution < -0.4 is 5.73 Å². The fourth-order valence-corrected chi connectivity index (χ4v) is 4.45. The maximum Gasteiger partial charge on any atom is 0.253 e. The van der Waals surface area contributed by atoms with Gasteiger partial charge in [0.2, 0.25) is 5.91 Å². The van der Waals surface area contributed by atoms with Crippen LogP contribution >= 0.6 is 0 Å². The predicted molar refractivity (Wildman–Crippen MR) is 116 cm³/mol. The molecule has 1 aliphatic heterocycles. The first kappa shape index (κ1) is 19.0. The van der Waals surface area contributed by atoms with E-state index < -0.39 is 5.54 Å². The quantitative estimate of drug-likeness (QED) is 0.855. The van der Waals surface area contributed by atoms with Gasteiger partial charge in [0.05, 0.1) is 16.9 Å². The summed E-state index contributed by atoms with van der Waals surface area (Å²) in [5.74, 6) is 0.0492. The van der Waals surface area contributed by atoms with Crippen LogP contribution in [0.15, 0.2) is 42.5 Å². The van der Waals surface area contributed by atoms with Crippen LogP contribution in [0.1, 0.15) is 40.9 Å². The second-order valence-electron chi connectivity index (χ2n) is 8.51. The van der Waals surface area contributed by atoms with Gasteiger partial charge in [-0.3, -0.25) is 14.6 Å². The summed E-state index contributed by atoms with van der Waals surface area (Å²) in [6.07, 6.45) is 7.66. The third-order valence-corrected chi connectivity index (χ3v) is 6.57. The lowest BCUT2D eigenvalue weighted by molar-refractivity contribution is -0.141. The van der Waals surface area contributed by atoms with E-state index in [1.807, 2.05) is 40.1 Å². The van der Waals surface area contributed by atoms with E-state index in [1.54, 1.807) is 0 Å². The Balaban J connectivity index is 1.22. The van der Waals surface area contributed by atoms with Crippen molar-refractivity contribution < 1.29 is 9.59 Å². The second-order valence-corrected chi connectivity index (χ2v) is 8.51. The van der Waals surface area contributed by atoms with E-state index in [1.165, 1.54) is 5.56 Å². The molecule has 1 saturated carbocycles. The van der Waals surface area contributed by atoms with E-state index in [0.717, 1.165) is 42.6 Å². The molecule has 0 spiro atoms. The molecule has 2 aliphatic carbocycles. The molecule has 2 N–H and O–H groups in total. The van der Waals surface area contributed by atoms with Gasteiger partial charge in [-0.25, -0.2) is 0 Å². The highest BCUT2D eigenvalue weighted by atomic mass is 16.2. The number of hydrogen-bond acceptors (Lipinski definition) is 4. The van der Waals surface area contributed by atoms with Crippen molar-refractivity contribution in [3.05, 3.63) is 59.3 Å². The van der Waals surface area contributed by atoms with Crippen molar-refractivity contribution in [2.24, 2.45) is 5.73 Å². The van der Waals surface area contributed by atoms with Crippen LogP contribution in [0.3, 0.4) is 0 Å². The lowest BCUT2D eigenvalue weighted by atomic mass is 9.76. The first-order valence-corrected chi connectivity index (χ1v) is 10.7. The van der Waals surface area contributed by atoms with Crippen LogP contribution in [0, 0.1) is 0 Å². The smallest absolute Gasteiger partial charge is 0.253 e. The summed E-state index contributed by atoms with van der Waals surface area (Å²) >= 11 is 0. The largest absolute Gasteiger partial charge is 0.338 e. The zero-order valence-electron chi connectivity index (χ0n) is 17.0. The summed E-state index contributed by atoms with van der Waals surface area (Å²) in [6, 6.07) is 11.8. The summed E-state index contributed by atoms with van der Waals surface area (Å²) in [7, 11) is 0. The molecule has 0 unspecified atom stereocenters. The topological polar surface area (TPSA) is 79.5 Å². The average molecular weight is 402 g/mol.